The Labute approximate surface area is 947 Å². The molecule has 27 heteroatoms. The van der Waals surface area contributed by atoms with Gasteiger partial charge < -0.3 is 0 Å². The van der Waals surface area contributed by atoms with Crippen LogP contribution in [0.25, 0.3) is 0 Å². The molecule has 3 aliphatic heterocycles. The molecule has 18 rings (SSSR count). The Morgan fingerprint density at radius 3 is 0.659 bits per heavy atom. The summed E-state index contributed by atoms with van der Waals surface area (Å²) in [6.07, 6.45) is 24.3. The summed E-state index contributed by atoms with van der Waals surface area (Å²) in [7, 11) is 2.50. The van der Waals surface area contributed by atoms with Crippen molar-refractivity contribution in [3.63, 3.8) is 0 Å². The van der Waals surface area contributed by atoms with Gasteiger partial charge in [0.05, 0.1) is 0 Å². The summed E-state index contributed by atoms with van der Waals surface area (Å²) in [5.41, 5.74) is 12.8. The van der Waals surface area contributed by atoms with Gasteiger partial charge >= 0.3 is 705 Å². The molecule has 12 aromatic rings. The summed E-state index contributed by atoms with van der Waals surface area (Å²) in [6, 6.07) is 82.9. The number of halogens is 12. The average Bonchev–Trinajstić information content (AvgIpc) is 1.64. The fourth-order valence-corrected chi connectivity index (χ4v) is 141. The molecule has 0 amide bonds. The number of phenols is 6. The molecule has 0 spiro atoms. The van der Waals surface area contributed by atoms with E-state index in [0.717, 1.165) is 147 Å². The van der Waals surface area contributed by atoms with Crippen molar-refractivity contribution in [1.29, 1.82) is 0 Å². The number of fused-ring (bicyclic) bond motifs is 3. The number of benzene rings is 12. The van der Waals surface area contributed by atoms with Gasteiger partial charge in [0.25, 0.3) is 0 Å². The van der Waals surface area contributed by atoms with E-state index in [4.69, 9.17) is 46.4 Å². The van der Waals surface area contributed by atoms with Gasteiger partial charge in [-0.25, -0.2) is 0 Å². The zero-order chi connectivity index (χ0) is 97.0. The van der Waals surface area contributed by atoms with E-state index in [1.807, 2.05) is 206 Å². The van der Waals surface area contributed by atoms with Crippen LogP contribution in [0.2, 0.25) is 20.1 Å². The summed E-state index contributed by atoms with van der Waals surface area (Å²) in [4.78, 5) is 0. The van der Waals surface area contributed by atoms with Crippen molar-refractivity contribution in [2.24, 2.45) is 0 Å². The molecule has 12 aromatic carbocycles. The Hall–Kier alpha value is -0.630. The number of hydrogen-bond acceptors (Lipinski definition) is 6. The van der Waals surface area contributed by atoms with Crippen LogP contribution < -0.4 is 0 Å². The Morgan fingerprint density at radius 1 is 0.259 bits per heavy atom. The van der Waals surface area contributed by atoms with Gasteiger partial charge in [-0.3, -0.25) is 0 Å². The molecule has 3 saturated carbocycles. The Bertz CT molecular complexity index is 5180. The molecular formula is C108H114Br4Cl4Hf3I4O6S6-6. The van der Waals surface area contributed by atoms with E-state index in [2.05, 4.69) is 232 Å². The zero-order valence-electron chi connectivity index (χ0n) is 75.1. The smallest absolute Gasteiger partial charge is 0.0866 e. The molecule has 6 aliphatic rings. The second-order valence-electron chi connectivity index (χ2n) is 33.2. The van der Waals surface area contributed by atoms with Gasteiger partial charge in [0.2, 0.25) is 0 Å². The summed E-state index contributed by atoms with van der Waals surface area (Å²) in [5, 5.41) is 70.7. The van der Waals surface area contributed by atoms with Crippen molar-refractivity contribution in [1.82, 2.24) is 0 Å². The van der Waals surface area contributed by atoms with Crippen LogP contribution in [0.5, 0.6) is 34.5 Å². The predicted molar refractivity (Wildman–Crippen MR) is 629 cm³/mol. The molecule has 12 atom stereocenters. The normalized spacial score (nSPS) is 20.4. The monoisotopic (exact) mass is 3200 g/mol. The van der Waals surface area contributed by atoms with Crippen LogP contribution in [0.15, 0.2) is 273 Å². The molecular weight excluding hydrogens is 3090 g/mol. The molecule has 135 heavy (non-hydrogen) atoms. The minimum absolute atomic E-state index is 0.190. The van der Waals surface area contributed by atoms with Crippen molar-refractivity contribution >= 4 is 244 Å². The molecule has 0 aromatic heterocycles. The van der Waals surface area contributed by atoms with Gasteiger partial charge in [-0.2, -0.15) is 148 Å². The summed E-state index contributed by atoms with van der Waals surface area (Å²) < 4.78 is 8.07. The SMILES string of the molecule is Oc1c(Br)cc(Br)cc1C[S]1=[Hf]=[S](Cc2cc(Br)cc(Br)c2O)[C@H]2CCCCCC[C@@H]21.Oc1c(Cl)cc(Cl)cc1C[S]1=[Hf]=[S](Cc2cc(Cl)cc(Cl)c2O)[C@H]2CCCCCC[C@@H]21.Oc1c(I)cc(I)cc1C[S]1=[Hf]=[S](Cc2cc(I)cc(I)c2O)[C@H]2CCCCCC[C@@H]21.[CH2-]c1ccccc1.[CH2-]c1ccccc1.[CH2-]c1ccccc1.[CH2-]c1ccccc1.[CH2-]c1ccccc1.[CH2-]c1ccccc1. The molecule has 3 fully saturated rings. The maximum Gasteiger partial charge on any atom is -0.0866 e. The third-order valence-corrected chi connectivity index (χ3v) is 116. The molecule has 6 nitrogen and oxygen atoms in total. The van der Waals surface area contributed by atoms with Crippen LogP contribution in [-0.4, -0.2) is 62.1 Å². The van der Waals surface area contributed by atoms with E-state index in [0.29, 0.717) is 86.2 Å². The molecule has 0 saturated heterocycles. The number of phenolic OH excluding ortho intramolecular Hbond substituents is 6. The third kappa shape index (κ3) is 39.2. The molecule has 6 N–H and O–H groups in total. The summed E-state index contributed by atoms with van der Waals surface area (Å²) in [6.45, 7) is 22.3. The summed E-state index contributed by atoms with van der Waals surface area (Å²) in [5.74, 6) is 8.31. The van der Waals surface area contributed by atoms with E-state index in [1.54, 1.807) is 12.1 Å². The predicted octanol–water partition coefficient (Wildman–Crippen LogP) is 38.4. The summed E-state index contributed by atoms with van der Waals surface area (Å²) >= 11 is 45.6. The molecule has 3 aliphatic carbocycles. The van der Waals surface area contributed by atoms with Crippen molar-refractivity contribution in [2.75, 3.05) is 0 Å². The van der Waals surface area contributed by atoms with Gasteiger partial charge in [-0.05, 0) is 0 Å². The Morgan fingerprint density at radius 2 is 0.459 bits per heavy atom. The fraction of sp³-hybridized carbons (Fsp3) is 0.278. The van der Waals surface area contributed by atoms with Crippen LogP contribution in [0, 0.1) is 55.8 Å². The standard InChI is InChI=1S/C22H24Br4O2S2.C22H24Cl4O2S2.C22H24I4O2S2.6C7H7.3Hf/c3*23-15-7-13(21(27)17(25)9-15)11-29-19-5-3-1-2-4-6-20(19)30-12-14-8-16(24)10-18(26)22(14)28;6*1-7-5-3-2-4-6-7;;;/h3*7-10,19-20,27-28H,1-6,11-12H2;6*2-6H,1H2;;;/q;;;6*-1;;;/t3*19-,20-;;;;;;;;;/m000........./s1. The number of hydrogen-bond donors (Lipinski definition) is 6. The fourth-order valence-electron chi connectivity index (χ4n) is 16.1. The first-order chi connectivity index (χ1) is 64.9. The first-order valence-corrected chi connectivity index (χ1v) is 88.7. The van der Waals surface area contributed by atoms with Gasteiger partial charge in [0, 0.05) is 0 Å². The van der Waals surface area contributed by atoms with Crippen molar-refractivity contribution in [3.8, 4) is 34.5 Å². The van der Waals surface area contributed by atoms with Crippen molar-refractivity contribution in [3.05, 3.63) is 415 Å². The molecule has 0 bridgehead atoms. The Balaban J connectivity index is 0.000000171. The maximum atomic E-state index is 10.8. The van der Waals surface area contributed by atoms with E-state index < -0.39 is 56.6 Å². The Kier molecular flexibility index (Phi) is 53.3. The van der Waals surface area contributed by atoms with Crippen molar-refractivity contribution in [2.45, 2.75) is 182 Å². The topological polar surface area (TPSA) is 121 Å². The average molecular weight is 3210 g/mol. The second-order valence-corrected chi connectivity index (χ2v) is 106. The number of aromatic hydroxyl groups is 6. The van der Waals surface area contributed by atoms with Crippen LogP contribution >= 0.6 is 244 Å². The van der Waals surface area contributed by atoms with E-state index in [9.17, 15) is 30.6 Å². The minimum Gasteiger partial charge on any atom is -0.199 e. The van der Waals surface area contributed by atoms with Crippen LogP contribution in [-0.2, 0) is 91.1 Å². The first-order valence-electron chi connectivity index (χ1n) is 44.6. The van der Waals surface area contributed by atoms with Gasteiger partial charge in [-0.1, -0.05) is 36.4 Å². The molecule has 6 unspecified atom stereocenters. The van der Waals surface area contributed by atoms with Gasteiger partial charge in [0.1, 0.15) is 0 Å². The first kappa shape index (κ1) is 116. The van der Waals surface area contributed by atoms with E-state index >= 15 is 0 Å². The van der Waals surface area contributed by atoms with Crippen LogP contribution in [0.4, 0.5) is 0 Å². The van der Waals surface area contributed by atoms with Gasteiger partial charge in [0.15, 0.2) is 0 Å². The largest absolute Gasteiger partial charge is 0.199 e. The molecule has 0 radical (unpaired) electrons. The van der Waals surface area contributed by atoms with Crippen LogP contribution in [0.1, 0.15) is 182 Å². The maximum absolute atomic E-state index is 10.8. The minimum atomic E-state index is -1.06. The zero-order valence-corrected chi connectivity index (χ0v) is 109. The van der Waals surface area contributed by atoms with Crippen molar-refractivity contribution < 1.29 is 87.2 Å². The second kappa shape index (κ2) is 61.9. The quantitative estimate of drug-likeness (QED) is 0.0412. The van der Waals surface area contributed by atoms with Crippen LogP contribution in [0.3, 0.4) is 0 Å². The third-order valence-electron chi connectivity index (χ3n) is 22.8. The van der Waals surface area contributed by atoms with E-state index in [-0.39, 0.29) is 11.5 Å². The molecule has 720 valence electrons. The van der Waals surface area contributed by atoms with Gasteiger partial charge in [-0.15, -0.1) is 72.8 Å². The van der Waals surface area contributed by atoms with E-state index in [1.165, 1.54) is 134 Å². The molecule has 3 heterocycles. The number of rotatable bonds is 12.